The molecule has 0 saturated carbocycles. The normalized spacial score (nSPS) is 18.8. The minimum Gasteiger partial charge on any atom is -0.497 e. The molecule has 0 N–H and O–H groups in total. The lowest BCUT2D eigenvalue weighted by Crippen LogP contribution is -2.48. The van der Waals surface area contributed by atoms with Gasteiger partial charge < -0.3 is 4.74 Å². The first kappa shape index (κ1) is 13.9. The van der Waals surface area contributed by atoms with Gasteiger partial charge in [0.2, 0.25) is 0 Å². The third kappa shape index (κ3) is 3.69. The number of nitrogens with zero attached hydrogens (tertiary/aromatic N) is 3. The highest BCUT2D eigenvalue weighted by molar-refractivity contribution is 5.27. The van der Waals surface area contributed by atoms with Crippen molar-refractivity contribution in [1.82, 2.24) is 9.80 Å². The molecule has 1 atom stereocenters. The average molecular weight is 259 g/mol. The Hall–Kier alpha value is -1.57. The van der Waals surface area contributed by atoms with E-state index in [2.05, 4.69) is 28.0 Å². The second-order valence-electron chi connectivity index (χ2n) is 4.97. The lowest BCUT2D eigenvalue weighted by atomic mass is 10.2. The van der Waals surface area contributed by atoms with Crippen LogP contribution in [0.1, 0.15) is 12.5 Å². The van der Waals surface area contributed by atoms with Crippen molar-refractivity contribution >= 4 is 0 Å². The second-order valence-corrected chi connectivity index (χ2v) is 4.97. The second kappa shape index (κ2) is 6.55. The van der Waals surface area contributed by atoms with Crippen LogP contribution in [0.3, 0.4) is 0 Å². The molecular formula is C15H21N3O. The summed E-state index contributed by atoms with van der Waals surface area (Å²) in [6.45, 7) is 6.95. The third-order valence-electron chi connectivity index (χ3n) is 3.71. The summed E-state index contributed by atoms with van der Waals surface area (Å²) in [4.78, 5) is 4.67. The van der Waals surface area contributed by atoms with Crippen LogP contribution in [0.5, 0.6) is 5.75 Å². The maximum atomic E-state index is 8.92. The smallest absolute Gasteiger partial charge is 0.118 e. The summed E-state index contributed by atoms with van der Waals surface area (Å²) in [6, 6.07) is 10.6. The molecule has 1 aromatic rings. The summed E-state index contributed by atoms with van der Waals surface area (Å²) in [6.07, 6.45) is 0. The number of ether oxygens (including phenoxy) is 1. The molecule has 1 unspecified atom stereocenters. The molecule has 0 radical (unpaired) electrons. The quantitative estimate of drug-likeness (QED) is 0.825. The van der Waals surface area contributed by atoms with E-state index in [4.69, 9.17) is 10.00 Å². The Morgan fingerprint density at radius 3 is 2.37 bits per heavy atom. The van der Waals surface area contributed by atoms with Crippen molar-refractivity contribution in [2.24, 2.45) is 0 Å². The zero-order chi connectivity index (χ0) is 13.7. The van der Waals surface area contributed by atoms with E-state index < -0.39 is 0 Å². The molecule has 0 aromatic heterocycles. The van der Waals surface area contributed by atoms with Gasteiger partial charge in [0.25, 0.3) is 0 Å². The maximum absolute atomic E-state index is 8.92. The molecule has 0 aliphatic carbocycles. The molecule has 2 rings (SSSR count). The molecule has 19 heavy (non-hydrogen) atoms. The van der Waals surface area contributed by atoms with E-state index in [0.29, 0.717) is 0 Å². The Labute approximate surface area is 115 Å². The highest BCUT2D eigenvalue weighted by atomic mass is 16.5. The van der Waals surface area contributed by atoms with Crippen LogP contribution in [0.4, 0.5) is 0 Å². The molecule has 0 amide bonds. The standard InChI is InChI=1S/C15H21N3O/c1-13(11-16)18-9-7-17(8-10-18)12-14-3-5-15(19-2)6-4-14/h3-6,13H,7-10,12H2,1-2H3. The molecule has 1 aromatic carbocycles. The molecule has 0 bridgehead atoms. The van der Waals surface area contributed by atoms with Crippen LogP contribution < -0.4 is 4.74 Å². The number of methoxy groups -OCH3 is 1. The monoisotopic (exact) mass is 259 g/mol. The van der Waals surface area contributed by atoms with Gasteiger partial charge in [0.1, 0.15) is 5.75 Å². The summed E-state index contributed by atoms with van der Waals surface area (Å²) >= 11 is 0. The Balaban J connectivity index is 1.83. The Kier molecular flexibility index (Phi) is 4.78. The average Bonchev–Trinajstić information content (AvgIpc) is 2.48. The Bertz CT molecular complexity index is 430. The van der Waals surface area contributed by atoms with Gasteiger partial charge in [-0.3, -0.25) is 9.80 Å². The van der Waals surface area contributed by atoms with E-state index in [1.54, 1.807) is 7.11 Å². The molecule has 4 nitrogen and oxygen atoms in total. The van der Waals surface area contributed by atoms with Crippen LogP contribution in [-0.4, -0.2) is 49.1 Å². The van der Waals surface area contributed by atoms with Gasteiger partial charge >= 0.3 is 0 Å². The molecule has 0 spiro atoms. The van der Waals surface area contributed by atoms with Crippen molar-refractivity contribution in [2.75, 3.05) is 33.3 Å². The summed E-state index contributed by atoms with van der Waals surface area (Å²) in [5.74, 6) is 0.899. The molecule has 1 fully saturated rings. The first-order valence-electron chi connectivity index (χ1n) is 6.72. The zero-order valence-corrected chi connectivity index (χ0v) is 11.7. The van der Waals surface area contributed by atoms with Gasteiger partial charge in [0.15, 0.2) is 0 Å². The summed E-state index contributed by atoms with van der Waals surface area (Å²) in [5, 5.41) is 8.92. The van der Waals surface area contributed by atoms with Crippen molar-refractivity contribution < 1.29 is 4.74 Å². The highest BCUT2D eigenvalue weighted by Crippen LogP contribution is 2.14. The fraction of sp³-hybridized carbons (Fsp3) is 0.533. The van der Waals surface area contributed by atoms with Gasteiger partial charge in [-0.25, -0.2) is 0 Å². The van der Waals surface area contributed by atoms with Crippen LogP contribution >= 0.6 is 0 Å². The number of hydrogen-bond donors (Lipinski definition) is 0. The van der Waals surface area contributed by atoms with E-state index in [-0.39, 0.29) is 6.04 Å². The first-order valence-corrected chi connectivity index (χ1v) is 6.72. The van der Waals surface area contributed by atoms with Crippen molar-refractivity contribution in [1.29, 1.82) is 5.26 Å². The third-order valence-corrected chi connectivity index (χ3v) is 3.71. The molecular weight excluding hydrogens is 238 g/mol. The minimum atomic E-state index is 0.0307. The van der Waals surface area contributed by atoms with Crippen LogP contribution in [0.25, 0.3) is 0 Å². The number of rotatable bonds is 4. The zero-order valence-electron chi connectivity index (χ0n) is 11.7. The lowest BCUT2D eigenvalue weighted by Gasteiger charge is -2.35. The molecule has 102 valence electrons. The highest BCUT2D eigenvalue weighted by Gasteiger charge is 2.20. The maximum Gasteiger partial charge on any atom is 0.118 e. The molecule has 1 heterocycles. The van der Waals surface area contributed by atoms with Crippen LogP contribution in [0, 0.1) is 11.3 Å². The lowest BCUT2D eigenvalue weighted by molar-refractivity contribution is 0.114. The van der Waals surface area contributed by atoms with Crippen molar-refractivity contribution in [3.8, 4) is 11.8 Å². The number of hydrogen-bond acceptors (Lipinski definition) is 4. The fourth-order valence-corrected chi connectivity index (χ4v) is 2.38. The molecule has 1 saturated heterocycles. The van der Waals surface area contributed by atoms with Gasteiger partial charge in [0, 0.05) is 32.7 Å². The number of benzene rings is 1. The topological polar surface area (TPSA) is 39.5 Å². The Morgan fingerprint density at radius 2 is 1.84 bits per heavy atom. The van der Waals surface area contributed by atoms with Crippen molar-refractivity contribution in [3.05, 3.63) is 29.8 Å². The summed E-state index contributed by atoms with van der Waals surface area (Å²) < 4.78 is 5.16. The molecule has 1 aliphatic heterocycles. The van der Waals surface area contributed by atoms with Crippen molar-refractivity contribution in [3.63, 3.8) is 0 Å². The van der Waals surface area contributed by atoms with E-state index in [0.717, 1.165) is 38.5 Å². The minimum absolute atomic E-state index is 0.0307. The van der Waals surface area contributed by atoms with Gasteiger partial charge in [-0.1, -0.05) is 12.1 Å². The van der Waals surface area contributed by atoms with Crippen LogP contribution in [-0.2, 0) is 6.54 Å². The van der Waals surface area contributed by atoms with Crippen LogP contribution in [0.2, 0.25) is 0 Å². The fourth-order valence-electron chi connectivity index (χ4n) is 2.38. The van der Waals surface area contributed by atoms with Gasteiger partial charge in [0.05, 0.1) is 19.2 Å². The van der Waals surface area contributed by atoms with Gasteiger partial charge in [-0.05, 0) is 24.6 Å². The summed E-state index contributed by atoms with van der Waals surface area (Å²) in [7, 11) is 1.69. The molecule has 4 heteroatoms. The predicted octanol–water partition coefficient (Wildman–Crippen LogP) is 1.72. The van der Waals surface area contributed by atoms with Gasteiger partial charge in [-0.2, -0.15) is 5.26 Å². The van der Waals surface area contributed by atoms with E-state index >= 15 is 0 Å². The van der Waals surface area contributed by atoms with Gasteiger partial charge in [-0.15, -0.1) is 0 Å². The predicted molar refractivity (Wildman–Crippen MR) is 74.9 cm³/mol. The first-order chi connectivity index (χ1) is 9.22. The van der Waals surface area contributed by atoms with E-state index in [1.165, 1.54) is 5.56 Å². The SMILES string of the molecule is COc1ccc(CN2CCN(C(C)C#N)CC2)cc1. The van der Waals surface area contributed by atoms with E-state index in [9.17, 15) is 0 Å². The van der Waals surface area contributed by atoms with E-state index in [1.807, 2.05) is 19.1 Å². The number of piperazine rings is 1. The molecule has 1 aliphatic rings. The largest absolute Gasteiger partial charge is 0.497 e. The van der Waals surface area contributed by atoms with Crippen LogP contribution in [0.15, 0.2) is 24.3 Å². The Morgan fingerprint density at radius 1 is 1.21 bits per heavy atom. The number of nitriles is 1. The van der Waals surface area contributed by atoms with Crippen molar-refractivity contribution in [2.45, 2.75) is 19.5 Å². The summed E-state index contributed by atoms with van der Waals surface area (Å²) in [5.41, 5.74) is 1.31.